The van der Waals surface area contributed by atoms with Gasteiger partial charge in [0.25, 0.3) is 11.7 Å². The van der Waals surface area contributed by atoms with Crippen molar-refractivity contribution in [1.29, 1.82) is 0 Å². The Kier molecular flexibility index (Phi) is 7.07. The lowest BCUT2D eigenvalue weighted by molar-refractivity contribution is -0.857. The molecule has 1 heterocycles. The summed E-state index contributed by atoms with van der Waals surface area (Å²) in [7, 11) is 3.92. The number of ether oxygens (including phenoxy) is 1. The summed E-state index contributed by atoms with van der Waals surface area (Å²) in [6, 6.07) is 11.6. The van der Waals surface area contributed by atoms with E-state index in [0.717, 1.165) is 11.3 Å². The van der Waals surface area contributed by atoms with E-state index >= 15 is 0 Å². The van der Waals surface area contributed by atoms with Gasteiger partial charge in [0.1, 0.15) is 17.3 Å². The van der Waals surface area contributed by atoms with E-state index in [1.54, 1.807) is 24.3 Å². The molecule has 0 bridgehead atoms. The third-order valence-corrected chi connectivity index (χ3v) is 5.18. The molecular formula is C24H28FN2O4+. The molecule has 1 saturated heterocycles. The lowest BCUT2D eigenvalue weighted by atomic mass is 9.95. The Balaban J connectivity index is 2.06. The van der Waals surface area contributed by atoms with Crippen molar-refractivity contribution in [2.45, 2.75) is 19.4 Å². The van der Waals surface area contributed by atoms with Gasteiger partial charge in [0.15, 0.2) is 0 Å². The number of rotatable bonds is 8. The topological polar surface area (TPSA) is 71.3 Å². The third-order valence-electron chi connectivity index (χ3n) is 5.18. The summed E-state index contributed by atoms with van der Waals surface area (Å²) >= 11 is 0. The highest BCUT2D eigenvalue weighted by Gasteiger charge is 2.46. The predicted molar refractivity (Wildman–Crippen MR) is 115 cm³/mol. The number of hydrogen-bond acceptors (Lipinski definition) is 4. The molecule has 1 aliphatic rings. The van der Waals surface area contributed by atoms with Crippen molar-refractivity contribution in [3.8, 4) is 5.75 Å². The van der Waals surface area contributed by atoms with Crippen LogP contribution in [-0.2, 0) is 9.59 Å². The number of Topliss-reactive ketones (excluding diaryl/α,β-unsaturated/α-hetero) is 1. The molecule has 7 heteroatoms. The average molecular weight is 427 g/mol. The van der Waals surface area contributed by atoms with Gasteiger partial charge in [-0.25, -0.2) is 4.39 Å². The molecule has 0 saturated carbocycles. The summed E-state index contributed by atoms with van der Waals surface area (Å²) in [5.74, 6) is -1.47. The zero-order valence-electron chi connectivity index (χ0n) is 18.0. The van der Waals surface area contributed by atoms with E-state index in [1.807, 2.05) is 21.0 Å². The van der Waals surface area contributed by atoms with Crippen LogP contribution >= 0.6 is 0 Å². The Labute approximate surface area is 181 Å². The summed E-state index contributed by atoms with van der Waals surface area (Å²) in [5, 5.41) is 10.9. The quantitative estimate of drug-likeness (QED) is 0.385. The normalized spacial score (nSPS) is 18.1. The number of nitrogens with one attached hydrogen (secondary N) is 1. The van der Waals surface area contributed by atoms with Gasteiger partial charge in [-0.1, -0.05) is 19.1 Å². The van der Waals surface area contributed by atoms with Gasteiger partial charge in [-0.3, -0.25) is 9.59 Å². The Hall–Kier alpha value is -3.19. The Morgan fingerprint density at radius 3 is 2.32 bits per heavy atom. The number of aliphatic hydroxyl groups is 1. The molecule has 1 fully saturated rings. The van der Waals surface area contributed by atoms with Crippen molar-refractivity contribution in [3.05, 3.63) is 71.0 Å². The van der Waals surface area contributed by atoms with Crippen LogP contribution in [0.15, 0.2) is 54.1 Å². The van der Waals surface area contributed by atoms with Gasteiger partial charge >= 0.3 is 0 Å². The lowest BCUT2D eigenvalue weighted by Gasteiger charge is -2.25. The van der Waals surface area contributed by atoms with Crippen molar-refractivity contribution in [3.63, 3.8) is 0 Å². The maximum absolute atomic E-state index is 13.3. The first-order valence-corrected chi connectivity index (χ1v) is 10.4. The number of ketones is 1. The molecule has 2 N–H and O–H groups in total. The summed E-state index contributed by atoms with van der Waals surface area (Å²) in [6.07, 6.45) is 0.881. The van der Waals surface area contributed by atoms with Crippen molar-refractivity contribution in [2.75, 3.05) is 33.8 Å². The molecule has 0 aromatic heterocycles. The van der Waals surface area contributed by atoms with Crippen LogP contribution in [0.25, 0.3) is 5.76 Å². The Morgan fingerprint density at radius 2 is 1.74 bits per heavy atom. The number of nitrogens with zero attached hydrogens (tertiary/aromatic N) is 1. The largest absolute Gasteiger partial charge is 0.507 e. The molecular weight excluding hydrogens is 399 g/mol. The van der Waals surface area contributed by atoms with Crippen LogP contribution in [0.5, 0.6) is 5.75 Å². The fourth-order valence-electron chi connectivity index (χ4n) is 3.53. The van der Waals surface area contributed by atoms with Crippen LogP contribution in [0.3, 0.4) is 0 Å². The molecule has 0 unspecified atom stereocenters. The first-order valence-electron chi connectivity index (χ1n) is 10.4. The van der Waals surface area contributed by atoms with Crippen molar-refractivity contribution >= 4 is 17.4 Å². The van der Waals surface area contributed by atoms with Gasteiger partial charge in [-0.05, 0) is 48.4 Å². The molecule has 0 spiro atoms. The number of amides is 1. The smallest absolute Gasteiger partial charge is 0.295 e. The molecule has 1 aliphatic heterocycles. The predicted octanol–water partition coefficient (Wildman–Crippen LogP) is 2.18. The van der Waals surface area contributed by atoms with Crippen molar-refractivity contribution in [2.24, 2.45) is 0 Å². The summed E-state index contributed by atoms with van der Waals surface area (Å²) in [5.41, 5.74) is 0.985. The summed E-state index contributed by atoms with van der Waals surface area (Å²) < 4.78 is 19.0. The number of halogens is 1. The Bertz CT molecular complexity index is 968. The monoisotopic (exact) mass is 427 g/mol. The minimum atomic E-state index is -0.744. The number of benzene rings is 2. The molecule has 0 radical (unpaired) electrons. The highest BCUT2D eigenvalue weighted by Crippen LogP contribution is 2.39. The molecule has 31 heavy (non-hydrogen) atoms. The van der Waals surface area contributed by atoms with Crippen LogP contribution in [-0.4, -0.2) is 55.5 Å². The van der Waals surface area contributed by atoms with E-state index in [-0.39, 0.29) is 16.9 Å². The van der Waals surface area contributed by atoms with Crippen LogP contribution in [0, 0.1) is 5.82 Å². The fourth-order valence-corrected chi connectivity index (χ4v) is 3.53. The molecule has 3 rings (SSSR count). The SMILES string of the molecule is CCCOc1ccc([C@H]2C(=C(O)c3ccc(F)cc3)C(=O)C(=O)N2CC[NH+](C)C)cc1. The van der Waals surface area contributed by atoms with Crippen molar-refractivity contribution < 1.29 is 28.7 Å². The molecule has 6 nitrogen and oxygen atoms in total. The van der Waals surface area contributed by atoms with Gasteiger partial charge < -0.3 is 19.6 Å². The van der Waals surface area contributed by atoms with Gasteiger partial charge in [-0.15, -0.1) is 0 Å². The first-order chi connectivity index (χ1) is 14.8. The van der Waals surface area contributed by atoms with E-state index in [9.17, 15) is 19.1 Å². The molecule has 1 amide bonds. The van der Waals surface area contributed by atoms with Crippen LogP contribution in [0.1, 0.15) is 30.5 Å². The van der Waals surface area contributed by atoms with Gasteiger partial charge in [0.05, 0.1) is 45.4 Å². The van der Waals surface area contributed by atoms with Crippen LogP contribution in [0.4, 0.5) is 4.39 Å². The van der Waals surface area contributed by atoms with Gasteiger partial charge in [0.2, 0.25) is 0 Å². The molecule has 0 aliphatic carbocycles. The second kappa shape index (κ2) is 9.75. The highest BCUT2D eigenvalue weighted by molar-refractivity contribution is 6.46. The van der Waals surface area contributed by atoms with Crippen molar-refractivity contribution in [1.82, 2.24) is 4.90 Å². The average Bonchev–Trinajstić information content (AvgIpc) is 3.01. The minimum absolute atomic E-state index is 0.00703. The maximum atomic E-state index is 13.3. The zero-order valence-corrected chi connectivity index (χ0v) is 18.0. The number of likely N-dealkylation sites (N-methyl/N-ethyl adjacent to an activating group) is 1. The number of aliphatic hydroxyl groups excluding tert-OH is 1. The number of carbonyl (C=O) groups is 2. The van der Waals surface area contributed by atoms with Crippen LogP contribution in [0.2, 0.25) is 0 Å². The first kappa shape index (κ1) is 22.5. The van der Waals surface area contributed by atoms with E-state index in [4.69, 9.17) is 4.74 Å². The van der Waals surface area contributed by atoms with Gasteiger partial charge in [0, 0.05) is 5.56 Å². The van der Waals surface area contributed by atoms with E-state index < -0.39 is 23.5 Å². The molecule has 2 aromatic rings. The molecule has 164 valence electrons. The fraction of sp³-hybridized carbons (Fsp3) is 0.333. The zero-order chi connectivity index (χ0) is 22.5. The van der Waals surface area contributed by atoms with E-state index in [0.29, 0.717) is 31.0 Å². The number of quaternary nitrogens is 1. The Morgan fingerprint density at radius 1 is 1.10 bits per heavy atom. The molecule has 1 atom stereocenters. The second-order valence-electron chi connectivity index (χ2n) is 7.87. The lowest BCUT2D eigenvalue weighted by Crippen LogP contribution is -3.06. The second-order valence-corrected chi connectivity index (χ2v) is 7.87. The maximum Gasteiger partial charge on any atom is 0.295 e. The van der Waals surface area contributed by atoms with Gasteiger partial charge in [-0.2, -0.15) is 0 Å². The standard InChI is InChI=1S/C24H27FN2O4/c1-4-15-31-19-11-7-16(8-12-19)21-20(22(28)17-5-9-18(25)10-6-17)23(29)24(30)27(21)14-13-26(2)3/h5-12,21,28H,4,13-15H2,1-3H3/p+1/t21-/m0/s1. The van der Waals surface area contributed by atoms with Crippen LogP contribution < -0.4 is 9.64 Å². The summed E-state index contributed by atoms with van der Waals surface area (Å²) in [4.78, 5) is 28.4. The minimum Gasteiger partial charge on any atom is -0.507 e. The van der Waals surface area contributed by atoms with E-state index in [2.05, 4.69) is 0 Å². The highest BCUT2D eigenvalue weighted by atomic mass is 19.1. The number of hydrogen-bond donors (Lipinski definition) is 2. The third kappa shape index (κ3) is 4.94. The number of carbonyl (C=O) groups excluding carboxylic acids is 2. The van der Waals surface area contributed by atoms with E-state index in [1.165, 1.54) is 29.2 Å². The molecule has 2 aromatic carbocycles. The summed E-state index contributed by atoms with van der Waals surface area (Å²) in [6.45, 7) is 3.60. The number of likely N-dealkylation sites (tertiary alicyclic amines) is 1.